The fraction of sp³-hybridized carbons (Fsp3) is 0. The van der Waals surface area contributed by atoms with Gasteiger partial charge in [0.25, 0.3) is 5.69 Å². The normalized spacial score (nSPS) is 10.5. The van der Waals surface area contributed by atoms with E-state index in [1.165, 1.54) is 12.1 Å². The molecule has 132 valence electrons. The lowest BCUT2D eigenvalue weighted by atomic mass is 10.2. The van der Waals surface area contributed by atoms with E-state index in [2.05, 4.69) is 15.7 Å². The van der Waals surface area contributed by atoms with Crippen LogP contribution in [-0.2, 0) is 0 Å². The number of amides is 2. The highest BCUT2D eigenvalue weighted by atomic mass is 35.5. The summed E-state index contributed by atoms with van der Waals surface area (Å²) in [6.07, 6.45) is 0. The third-order valence-electron chi connectivity index (χ3n) is 3.37. The number of non-ortho nitro benzene ring substituents is 1. The Hall–Kier alpha value is -3.66. The second-order valence-corrected chi connectivity index (χ2v) is 5.57. The number of nitro groups is 1. The van der Waals surface area contributed by atoms with Gasteiger partial charge in [-0.1, -0.05) is 17.7 Å². The summed E-state index contributed by atoms with van der Waals surface area (Å²) >= 11 is 5.83. The van der Waals surface area contributed by atoms with E-state index < -0.39 is 22.1 Å². The molecule has 2 aromatic carbocycles. The summed E-state index contributed by atoms with van der Waals surface area (Å²) in [7, 11) is 0. The molecule has 11 heteroatoms. The number of benzene rings is 2. The third kappa shape index (κ3) is 3.39. The number of anilines is 1. The average molecular weight is 376 g/mol. The number of nitrogens with one attached hydrogen (secondary N) is 3. The maximum atomic E-state index is 12.1. The van der Waals surface area contributed by atoms with E-state index in [0.29, 0.717) is 15.4 Å². The number of nitrogens with zero attached hydrogens (tertiary/aromatic N) is 2. The smallest absolute Gasteiger partial charge is 0.316 e. The van der Waals surface area contributed by atoms with Crippen molar-refractivity contribution in [1.29, 1.82) is 0 Å². The number of aromatic nitrogens is 2. The van der Waals surface area contributed by atoms with Crippen LogP contribution in [-0.4, -0.2) is 20.6 Å². The maximum absolute atomic E-state index is 12.1. The first-order chi connectivity index (χ1) is 12.3. The summed E-state index contributed by atoms with van der Waals surface area (Å²) in [6.45, 7) is 0. The molecule has 0 aliphatic rings. The van der Waals surface area contributed by atoms with Gasteiger partial charge in [-0.25, -0.2) is 14.9 Å². The number of aromatic amines is 1. The molecule has 0 atom stereocenters. The summed E-state index contributed by atoms with van der Waals surface area (Å²) in [5.74, 6) is 0. The molecule has 0 unspecified atom stereocenters. The van der Waals surface area contributed by atoms with Crippen molar-refractivity contribution < 1.29 is 9.72 Å². The lowest BCUT2D eigenvalue weighted by Crippen LogP contribution is -2.43. The minimum Gasteiger partial charge on any atom is -0.316 e. The Morgan fingerprint density at radius 3 is 2.65 bits per heavy atom. The number of fused-ring (bicyclic) bond motifs is 1. The van der Waals surface area contributed by atoms with Gasteiger partial charge in [-0.3, -0.25) is 19.7 Å². The van der Waals surface area contributed by atoms with Crippen molar-refractivity contribution in [2.75, 3.05) is 10.7 Å². The van der Waals surface area contributed by atoms with Gasteiger partial charge in [-0.05, 0) is 24.3 Å². The molecule has 0 aliphatic heterocycles. The molecule has 1 aromatic heterocycles. The second-order valence-electron chi connectivity index (χ2n) is 5.13. The average Bonchev–Trinajstić information content (AvgIpc) is 2.58. The van der Waals surface area contributed by atoms with Crippen LogP contribution in [0.5, 0.6) is 0 Å². The molecule has 0 saturated carbocycles. The Morgan fingerprint density at radius 1 is 1.19 bits per heavy atom. The topological polar surface area (TPSA) is 139 Å². The lowest BCUT2D eigenvalue weighted by Gasteiger charge is -2.12. The van der Waals surface area contributed by atoms with Gasteiger partial charge in [0.2, 0.25) is 0 Å². The number of hydrogen-bond donors (Lipinski definition) is 3. The van der Waals surface area contributed by atoms with Gasteiger partial charge in [0, 0.05) is 22.8 Å². The Balaban J connectivity index is 1.99. The molecule has 0 radical (unpaired) electrons. The van der Waals surface area contributed by atoms with Gasteiger partial charge >= 0.3 is 17.1 Å². The molecule has 3 N–H and O–H groups in total. The number of halogens is 1. The number of carbonyl (C=O) groups is 1. The van der Waals surface area contributed by atoms with E-state index in [4.69, 9.17) is 11.6 Å². The first kappa shape index (κ1) is 17.2. The van der Waals surface area contributed by atoms with Crippen molar-refractivity contribution in [2.45, 2.75) is 0 Å². The van der Waals surface area contributed by atoms with Crippen molar-refractivity contribution in [3.8, 4) is 0 Å². The molecular formula is C15H10ClN5O5. The highest BCUT2D eigenvalue weighted by molar-refractivity contribution is 6.30. The van der Waals surface area contributed by atoms with Gasteiger partial charge < -0.3 is 10.3 Å². The number of urea groups is 1. The summed E-state index contributed by atoms with van der Waals surface area (Å²) in [6, 6.07) is 8.97. The van der Waals surface area contributed by atoms with Crippen LogP contribution >= 0.6 is 11.6 Å². The predicted molar refractivity (Wildman–Crippen MR) is 95.3 cm³/mol. The first-order valence-corrected chi connectivity index (χ1v) is 7.50. The molecule has 0 spiro atoms. The fourth-order valence-corrected chi connectivity index (χ4v) is 2.45. The molecule has 3 aromatic rings. The van der Waals surface area contributed by atoms with Crippen LogP contribution in [0.1, 0.15) is 0 Å². The Morgan fingerprint density at radius 2 is 1.96 bits per heavy atom. The zero-order valence-corrected chi connectivity index (χ0v) is 13.6. The molecule has 10 nitrogen and oxygen atoms in total. The summed E-state index contributed by atoms with van der Waals surface area (Å²) < 4.78 is 0.706. The monoisotopic (exact) mass is 375 g/mol. The first-order valence-electron chi connectivity index (χ1n) is 7.12. The number of nitro benzene ring substituents is 1. The second kappa shape index (κ2) is 6.69. The van der Waals surface area contributed by atoms with E-state index in [-0.39, 0.29) is 16.7 Å². The van der Waals surface area contributed by atoms with Crippen molar-refractivity contribution in [3.63, 3.8) is 0 Å². The molecule has 2 amide bonds. The number of rotatable bonds is 3. The molecule has 0 aliphatic carbocycles. The quantitative estimate of drug-likeness (QED) is 0.365. The van der Waals surface area contributed by atoms with Gasteiger partial charge in [0.05, 0.1) is 16.0 Å². The maximum Gasteiger partial charge on any atom is 0.338 e. The Bertz CT molecular complexity index is 1150. The molecule has 3 rings (SSSR count). The zero-order valence-electron chi connectivity index (χ0n) is 12.9. The van der Waals surface area contributed by atoms with Crippen LogP contribution in [0.3, 0.4) is 0 Å². The molecule has 0 bridgehead atoms. The highest BCUT2D eigenvalue weighted by Gasteiger charge is 2.14. The minimum atomic E-state index is -1.05. The van der Waals surface area contributed by atoms with E-state index in [1.807, 2.05) is 0 Å². The molecule has 0 fully saturated rings. The number of carbonyl (C=O) groups excluding carboxylic acids is 1. The van der Waals surface area contributed by atoms with Gasteiger partial charge in [-0.15, -0.1) is 0 Å². The molecule has 1 heterocycles. The zero-order chi connectivity index (χ0) is 18.8. The molecule has 26 heavy (non-hydrogen) atoms. The van der Waals surface area contributed by atoms with Gasteiger partial charge in [-0.2, -0.15) is 0 Å². The largest absolute Gasteiger partial charge is 0.338 e. The van der Waals surface area contributed by atoms with E-state index in [0.717, 1.165) is 12.1 Å². The SMILES string of the molecule is O=C(Nc1cccc(Cl)c1)Nn1c(=O)c(=O)[nH]c2cc([N+](=O)[O-])ccc21. The third-order valence-corrected chi connectivity index (χ3v) is 3.61. The van der Waals surface area contributed by atoms with Gasteiger partial charge in [0.1, 0.15) is 0 Å². The van der Waals surface area contributed by atoms with Crippen LogP contribution in [0, 0.1) is 10.1 Å². The fourth-order valence-electron chi connectivity index (χ4n) is 2.26. The summed E-state index contributed by atoms with van der Waals surface area (Å²) in [5, 5.41) is 13.7. The van der Waals surface area contributed by atoms with Gasteiger partial charge in [0.15, 0.2) is 0 Å². The van der Waals surface area contributed by atoms with E-state index in [9.17, 15) is 24.5 Å². The van der Waals surface area contributed by atoms with Crippen molar-refractivity contribution >= 4 is 40.0 Å². The summed E-state index contributed by atoms with van der Waals surface area (Å²) in [4.78, 5) is 48.4. The van der Waals surface area contributed by atoms with Crippen molar-refractivity contribution in [2.24, 2.45) is 0 Å². The Kier molecular flexibility index (Phi) is 4.42. The Labute approximate surface area is 149 Å². The van der Waals surface area contributed by atoms with Crippen LogP contribution < -0.4 is 21.9 Å². The minimum absolute atomic E-state index is 0.0202. The highest BCUT2D eigenvalue weighted by Crippen LogP contribution is 2.17. The van der Waals surface area contributed by atoms with Crippen LogP contribution in [0.25, 0.3) is 11.0 Å². The molecular weight excluding hydrogens is 366 g/mol. The van der Waals surface area contributed by atoms with Crippen LogP contribution in [0.4, 0.5) is 16.2 Å². The number of H-pyrrole nitrogens is 1. The van der Waals surface area contributed by atoms with E-state index >= 15 is 0 Å². The van der Waals surface area contributed by atoms with Crippen LogP contribution in [0.15, 0.2) is 52.1 Å². The van der Waals surface area contributed by atoms with E-state index in [1.54, 1.807) is 18.2 Å². The van der Waals surface area contributed by atoms with Crippen LogP contribution in [0.2, 0.25) is 5.02 Å². The summed E-state index contributed by atoms with van der Waals surface area (Å²) in [5.41, 5.74) is 0.340. The van der Waals surface area contributed by atoms with Crippen molar-refractivity contribution in [1.82, 2.24) is 9.66 Å². The van der Waals surface area contributed by atoms with Crippen molar-refractivity contribution in [3.05, 3.63) is 78.3 Å². The molecule has 0 saturated heterocycles. The standard InChI is InChI=1S/C15H10ClN5O5/c16-8-2-1-3-9(6-8)17-15(24)19-20-12-5-4-10(21(25)26)7-11(12)18-13(22)14(20)23/h1-7H,(H,18,22)(H2,17,19,24). The number of hydrogen-bond acceptors (Lipinski definition) is 5. The predicted octanol–water partition coefficient (Wildman–Crippen LogP) is 2.03. The lowest BCUT2D eigenvalue weighted by molar-refractivity contribution is -0.384.